The Morgan fingerprint density at radius 2 is 1.27 bits per heavy atom. The summed E-state index contributed by atoms with van der Waals surface area (Å²) < 4.78 is 5.21. The van der Waals surface area contributed by atoms with Gasteiger partial charge >= 0.3 is 6.09 Å². The third-order valence-electron chi connectivity index (χ3n) is 10.7. The highest BCUT2D eigenvalue weighted by Gasteiger charge is 2.53. The number of carbonyl (C=O) groups excluding carboxylic acids is 1. The summed E-state index contributed by atoms with van der Waals surface area (Å²) in [5.74, 6) is 3.05. The molecule has 8 unspecified atom stereocenters. The standard InChI is InChI=1S/C12H25NO2Si.C7H14O2.C7H14.C6H13N.C4H8Br2.C3H8.CH4/c1-6-10-9-12(10,2)13-11(14)15-7-8-16(3,4)5;1-3-5-4-7(5,2)6(8)9;1-4-6-5-7(6,2)3;1-3-5-4-6(5,2)7;1-2-4(6)3-5;1-3-2;/h10H,6-9H2,1-5H3,(H,13,14);5-6,8-9H,3-4H2,1-2H3;6H,4-5H2,1-3H3;5H,3-4,7H2,1-2H3;4H,2-3H2,1H3;3H2,1-2H3;1H4. The summed E-state index contributed by atoms with van der Waals surface area (Å²) in [5, 5.41) is 21.6. The molecule has 49 heavy (non-hydrogen) atoms. The number of aliphatic hydroxyl groups is 2. The van der Waals surface area contributed by atoms with Crippen molar-refractivity contribution in [3.8, 4) is 0 Å². The van der Waals surface area contributed by atoms with Crippen LogP contribution in [-0.2, 0) is 4.74 Å². The summed E-state index contributed by atoms with van der Waals surface area (Å²) in [6.45, 7) is 33.4. The minimum Gasteiger partial charge on any atom is -0.450 e. The van der Waals surface area contributed by atoms with Crippen molar-refractivity contribution in [2.75, 3.05) is 11.9 Å². The van der Waals surface area contributed by atoms with E-state index in [2.05, 4.69) is 133 Å². The number of hydrogen-bond donors (Lipinski definition) is 4. The average molecular weight is 847 g/mol. The Bertz CT molecular complexity index is 844. The van der Waals surface area contributed by atoms with Gasteiger partial charge in [-0.3, -0.25) is 0 Å². The molecule has 0 aromatic heterocycles. The molecule has 0 bridgehead atoms. The number of alkyl carbamates (subject to hydrolysis) is 1. The van der Waals surface area contributed by atoms with E-state index in [1.807, 2.05) is 6.92 Å². The minimum absolute atomic E-state index is 0. The van der Waals surface area contributed by atoms with Crippen LogP contribution >= 0.6 is 31.9 Å². The Hall–Kier alpha value is 0.327. The number of nitrogens with two attached hydrogens (primary N) is 1. The fourth-order valence-corrected chi connectivity index (χ4v) is 6.96. The summed E-state index contributed by atoms with van der Waals surface area (Å²) >= 11 is 6.76. The molecule has 4 fully saturated rings. The molecule has 8 atom stereocenters. The van der Waals surface area contributed by atoms with Gasteiger partial charge in [0.05, 0.1) is 6.61 Å². The molecule has 0 aromatic carbocycles. The van der Waals surface area contributed by atoms with E-state index in [9.17, 15) is 4.79 Å². The second-order valence-corrected chi connectivity index (χ2v) is 25.0. The molecule has 5 N–H and O–H groups in total. The first-order valence-corrected chi connectivity index (χ1v) is 25.0. The second-order valence-electron chi connectivity index (χ2n) is 17.5. The molecule has 4 saturated carbocycles. The maximum atomic E-state index is 11.5. The predicted molar refractivity (Wildman–Crippen MR) is 227 cm³/mol. The Kier molecular flexibility index (Phi) is 27.0. The fraction of sp³-hybridized carbons (Fsp3) is 0.975. The van der Waals surface area contributed by atoms with Crippen molar-refractivity contribution in [2.45, 2.75) is 203 Å². The third kappa shape index (κ3) is 23.6. The first-order valence-electron chi connectivity index (χ1n) is 19.2. The largest absolute Gasteiger partial charge is 0.450 e. The summed E-state index contributed by atoms with van der Waals surface area (Å²) in [7, 11) is -1.09. The zero-order valence-electron chi connectivity index (χ0n) is 34.2. The lowest BCUT2D eigenvalue weighted by Gasteiger charge is -2.17. The molecule has 6 nitrogen and oxygen atoms in total. The number of carbonyl (C=O) groups is 1. The number of nitrogens with one attached hydrogen (secondary N) is 1. The van der Waals surface area contributed by atoms with Crippen LogP contribution in [0.5, 0.6) is 0 Å². The highest BCUT2D eigenvalue weighted by Crippen LogP contribution is 2.56. The van der Waals surface area contributed by atoms with Gasteiger partial charge in [-0.2, -0.15) is 0 Å². The molecule has 0 radical (unpaired) electrons. The molecule has 298 valence electrons. The van der Waals surface area contributed by atoms with Crippen LogP contribution in [0.2, 0.25) is 25.7 Å². The van der Waals surface area contributed by atoms with E-state index in [0.29, 0.717) is 23.3 Å². The number of amides is 1. The van der Waals surface area contributed by atoms with Crippen LogP contribution in [-0.4, -0.2) is 58.5 Å². The zero-order valence-corrected chi connectivity index (χ0v) is 38.4. The smallest absolute Gasteiger partial charge is 0.407 e. The van der Waals surface area contributed by atoms with Gasteiger partial charge in [0.15, 0.2) is 6.29 Å². The number of aliphatic hydroxyl groups excluding tert-OH is 1. The molecule has 0 heterocycles. The van der Waals surface area contributed by atoms with E-state index < -0.39 is 14.4 Å². The van der Waals surface area contributed by atoms with Crippen molar-refractivity contribution in [3.05, 3.63) is 0 Å². The van der Waals surface area contributed by atoms with Gasteiger partial charge in [0.1, 0.15) is 0 Å². The number of halogens is 2. The monoisotopic (exact) mass is 844 g/mol. The first-order chi connectivity index (χ1) is 21.9. The van der Waals surface area contributed by atoms with Crippen molar-refractivity contribution in [1.82, 2.24) is 5.32 Å². The molecule has 4 aliphatic carbocycles. The SMILES string of the molecule is C.CCC.CCC(Br)CBr.CCC1CC1(C)C.CCC1CC1(C)C(O)O.CCC1CC1(C)N.CCC1CC1(C)NC(=O)OCC[Si](C)(C)C. The van der Waals surface area contributed by atoms with Gasteiger partial charge in [-0.15, -0.1) is 0 Å². The van der Waals surface area contributed by atoms with Gasteiger partial charge in [-0.1, -0.05) is 160 Å². The van der Waals surface area contributed by atoms with Crippen molar-refractivity contribution in [2.24, 2.45) is 40.2 Å². The topological polar surface area (TPSA) is 105 Å². The Morgan fingerprint density at radius 3 is 1.43 bits per heavy atom. The Labute approximate surface area is 324 Å². The van der Waals surface area contributed by atoms with Gasteiger partial charge in [0, 0.05) is 34.7 Å². The number of rotatable bonds is 11. The van der Waals surface area contributed by atoms with Gasteiger partial charge in [0.2, 0.25) is 0 Å². The molecule has 0 aliphatic heterocycles. The van der Waals surface area contributed by atoms with Crippen LogP contribution in [0.1, 0.15) is 155 Å². The van der Waals surface area contributed by atoms with Crippen LogP contribution in [0.4, 0.5) is 4.79 Å². The first kappa shape index (κ1) is 53.7. The second kappa shape index (κ2) is 24.6. The quantitative estimate of drug-likeness (QED) is 0.0942. The van der Waals surface area contributed by atoms with E-state index in [1.54, 1.807) is 0 Å². The maximum absolute atomic E-state index is 11.5. The van der Waals surface area contributed by atoms with Crippen molar-refractivity contribution in [3.63, 3.8) is 0 Å². The molecule has 0 saturated heterocycles. The lowest BCUT2D eigenvalue weighted by Crippen LogP contribution is -2.37. The van der Waals surface area contributed by atoms with E-state index >= 15 is 0 Å². The molecule has 1 amide bonds. The lowest BCUT2D eigenvalue weighted by atomic mass is 10.1. The fourth-order valence-electron chi connectivity index (χ4n) is 5.78. The number of hydrogen-bond acceptors (Lipinski definition) is 5. The Balaban J connectivity index is -0.000000553. The summed E-state index contributed by atoms with van der Waals surface area (Å²) in [6, 6.07) is 1.04. The van der Waals surface area contributed by atoms with Crippen LogP contribution in [0.25, 0.3) is 0 Å². The van der Waals surface area contributed by atoms with E-state index in [1.165, 1.54) is 38.5 Å². The summed E-state index contributed by atoms with van der Waals surface area (Å²) in [6.07, 6.45) is 10.7. The summed E-state index contributed by atoms with van der Waals surface area (Å²) in [5.41, 5.74) is 6.49. The van der Waals surface area contributed by atoms with Crippen molar-refractivity contribution < 1.29 is 19.7 Å². The molecule has 9 heteroatoms. The lowest BCUT2D eigenvalue weighted by molar-refractivity contribution is -0.0946. The number of alkyl halides is 2. The van der Waals surface area contributed by atoms with Gasteiger partial charge in [0.25, 0.3) is 0 Å². The molecule has 0 aromatic rings. The van der Waals surface area contributed by atoms with Gasteiger partial charge in [-0.05, 0) is 81.1 Å². The van der Waals surface area contributed by atoms with Crippen molar-refractivity contribution >= 4 is 46.0 Å². The van der Waals surface area contributed by atoms with Crippen LogP contribution in [0.3, 0.4) is 0 Å². The molecular formula is C40H86Br2N2O4Si. The van der Waals surface area contributed by atoms with E-state index in [0.717, 1.165) is 54.3 Å². The van der Waals surface area contributed by atoms with Crippen LogP contribution in [0.15, 0.2) is 0 Å². The number of ether oxygens (including phenoxy) is 1. The highest BCUT2D eigenvalue weighted by molar-refractivity contribution is 9.12. The minimum atomic E-state index is -1.11. The molecule has 4 aliphatic rings. The molecule has 0 spiro atoms. The van der Waals surface area contributed by atoms with Crippen LogP contribution in [0, 0.1) is 34.5 Å². The Morgan fingerprint density at radius 1 is 0.837 bits per heavy atom. The zero-order chi connectivity index (χ0) is 38.1. The summed E-state index contributed by atoms with van der Waals surface area (Å²) in [4.78, 5) is 12.2. The third-order valence-corrected chi connectivity index (χ3v) is 15.0. The van der Waals surface area contributed by atoms with Gasteiger partial charge < -0.3 is 26.0 Å². The highest BCUT2D eigenvalue weighted by atomic mass is 79.9. The van der Waals surface area contributed by atoms with E-state index in [-0.39, 0.29) is 30.0 Å². The molecular weight excluding hydrogens is 760 g/mol. The van der Waals surface area contributed by atoms with Crippen molar-refractivity contribution in [1.29, 1.82) is 0 Å². The normalized spacial score (nSPS) is 31.3. The van der Waals surface area contributed by atoms with Gasteiger partial charge in [-0.25, -0.2) is 4.79 Å². The maximum Gasteiger partial charge on any atom is 0.407 e. The molecule has 4 rings (SSSR count). The predicted octanol–water partition coefficient (Wildman–Crippen LogP) is 12.2. The van der Waals surface area contributed by atoms with E-state index in [4.69, 9.17) is 20.7 Å². The van der Waals surface area contributed by atoms with Crippen LogP contribution < -0.4 is 11.1 Å². The average Bonchev–Trinajstić information content (AvgIpc) is 3.94.